The van der Waals surface area contributed by atoms with Crippen molar-refractivity contribution < 1.29 is 24.5 Å². The summed E-state index contributed by atoms with van der Waals surface area (Å²) in [5, 5.41) is 23.5. The number of halogens is 2. The molecule has 6 nitrogen and oxygen atoms in total. The number of aromatic hydroxyl groups is 1. The van der Waals surface area contributed by atoms with Crippen molar-refractivity contribution in [3.63, 3.8) is 0 Å². The summed E-state index contributed by atoms with van der Waals surface area (Å²) in [6.45, 7) is 4.42. The average molecular weight is 444 g/mol. The lowest BCUT2D eigenvalue weighted by Gasteiger charge is -2.21. The monoisotopic (exact) mass is 443 g/mol. The minimum atomic E-state index is -0.685. The van der Waals surface area contributed by atoms with Crippen molar-refractivity contribution in [2.24, 2.45) is 0 Å². The molecule has 0 fully saturated rings. The Morgan fingerprint density at radius 3 is 2.52 bits per heavy atom. The maximum Gasteiger partial charge on any atom is 0.344 e. The van der Waals surface area contributed by atoms with Crippen molar-refractivity contribution in [3.05, 3.63) is 58.6 Å². The summed E-state index contributed by atoms with van der Waals surface area (Å²) in [6.07, 6.45) is -0.0152. The summed E-state index contributed by atoms with van der Waals surface area (Å²) in [6, 6.07) is 11.6. The van der Waals surface area contributed by atoms with Crippen LogP contribution in [0, 0.1) is 0 Å². The average Bonchev–Trinajstić information content (AvgIpc) is 2.68. The number of benzene rings is 2. The van der Waals surface area contributed by atoms with Crippen LogP contribution in [0.4, 0.5) is 0 Å². The molecule has 0 radical (unpaired) electrons. The topological polar surface area (TPSA) is 88.0 Å². The third kappa shape index (κ3) is 8.11. The maximum atomic E-state index is 11.3. The Balaban J connectivity index is 0.00000420. The number of ether oxygens (including phenoxy) is 2. The highest BCUT2D eigenvalue weighted by molar-refractivity contribution is 6.31. The van der Waals surface area contributed by atoms with Gasteiger partial charge in [0.1, 0.15) is 11.5 Å². The Hall–Kier alpha value is -1.99. The molecular weight excluding hydrogens is 417 g/mol. The van der Waals surface area contributed by atoms with Crippen LogP contribution in [0.1, 0.15) is 31.1 Å². The van der Waals surface area contributed by atoms with Gasteiger partial charge in [-0.15, -0.1) is 12.4 Å². The second-order valence-corrected chi connectivity index (χ2v) is 6.78. The Morgan fingerprint density at radius 1 is 1.21 bits per heavy atom. The molecule has 0 unspecified atom stereocenters. The van der Waals surface area contributed by atoms with Gasteiger partial charge >= 0.3 is 5.97 Å². The van der Waals surface area contributed by atoms with Gasteiger partial charge < -0.3 is 25.0 Å². The molecule has 2 aromatic rings. The minimum Gasteiger partial charge on any atom is -0.508 e. The summed E-state index contributed by atoms with van der Waals surface area (Å²) >= 11 is 6.30. The van der Waals surface area contributed by atoms with Crippen LogP contribution in [-0.2, 0) is 16.0 Å². The predicted octanol–water partition coefficient (Wildman–Crippen LogP) is 3.66. The fraction of sp³-hybridized carbons (Fsp3) is 0.381. The van der Waals surface area contributed by atoms with Crippen molar-refractivity contribution in [2.75, 3.05) is 19.8 Å². The normalized spacial score (nSPS) is 12.6. The smallest absolute Gasteiger partial charge is 0.344 e. The first-order valence-electron chi connectivity index (χ1n) is 9.18. The van der Waals surface area contributed by atoms with Gasteiger partial charge in [-0.2, -0.15) is 0 Å². The first-order valence-corrected chi connectivity index (χ1v) is 9.55. The van der Waals surface area contributed by atoms with Crippen molar-refractivity contribution in [1.29, 1.82) is 0 Å². The molecular formula is C21H27Cl2NO5. The Bertz CT molecular complexity index is 770. The van der Waals surface area contributed by atoms with Gasteiger partial charge in [0, 0.05) is 11.1 Å². The molecule has 0 aliphatic heterocycles. The van der Waals surface area contributed by atoms with Crippen LogP contribution in [0.25, 0.3) is 0 Å². The molecule has 3 N–H and O–H groups in total. The molecule has 2 aromatic carbocycles. The zero-order valence-corrected chi connectivity index (χ0v) is 18.0. The number of aliphatic hydroxyl groups is 1. The molecule has 0 saturated carbocycles. The van der Waals surface area contributed by atoms with Gasteiger partial charge in [0.05, 0.1) is 12.7 Å². The zero-order valence-electron chi connectivity index (χ0n) is 16.4. The number of nitrogens with one attached hydrogen (secondary N) is 1. The fourth-order valence-electron chi connectivity index (χ4n) is 2.67. The first kappa shape index (κ1) is 25.0. The van der Waals surface area contributed by atoms with Crippen LogP contribution in [-0.4, -0.2) is 42.0 Å². The quantitative estimate of drug-likeness (QED) is 0.485. The lowest BCUT2D eigenvalue weighted by atomic mass is 10.0. The number of phenols is 1. The number of rotatable bonds is 10. The van der Waals surface area contributed by atoms with E-state index in [9.17, 15) is 15.0 Å². The number of hydrogen-bond donors (Lipinski definition) is 3. The molecule has 0 amide bonds. The molecule has 0 bridgehead atoms. The Labute approximate surface area is 182 Å². The molecule has 0 aliphatic carbocycles. The van der Waals surface area contributed by atoms with Crippen LogP contribution >= 0.6 is 24.0 Å². The molecule has 0 spiro atoms. The summed E-state index contributed by atoms with van der Waals surface area (Å²) in [4.78, 5) is 11.3. The maximum absolute atomic E-state index is 11.3. The number of phenolic OH excluding ortho intramolecular Hbond substituents is 1. The lowest BCUT2D eigenvalue weighted by Crippen LogP contribution is -2.33. The van der Waals surface area contributed by atoms with E-state index in [1.54, 1.807) is 43.3 Å². The van der Waals surface area contributed by atoms with Gasteiger partial charge in [0.2, 0.25) is 0 Å². The molecule has 0 saturated heterocycles. The van der Waals surface area contributed by atoms with Crippen molar-refractivity contribution >= 4 is 30.0 Å². The van der Waals surface area contributed by atoms with E-state index in [-0.39, 0.29) is 30.8 Å². The summed E-state index contributed by atoms with van der Waals surface area (Å²) in [5.74, 6) is 0.250. The van der Waals surface area contributed by atoms with E-state index in [4.69, 9.17) is 21.1 Å². The minimum absolute atomic E-state index is 0. The summed E-state index contributed by atoms with van der Waals surface area (Å²) in [5.41, 5.74) is 1.67. The molecule has 0 aromatic heterocycles. The van der Waals surface area contributed by atoms with Crippen LogP contribution in [0.2, 0.25) is 5.02 Å². The van der Waals surface area contributed by atoms with Gasteiger partial charge in [0.25, 0.3) is 0 Å². The second kappa shape index (κ2) is 12.5. The number of carbonyl (C=O) groups is 1. The molecule has 29 heavy (non-hydrogen) atoms. The molecule has 160 valence electrons. The number of esters is 1. The first-order chi connectivity index (χ1) is 13.4. The molecule has 2 rings (SSSR count). The molecule has 2 atom stereocenters. The van der Waals surface area contributed by atoms with Crippen molar-refractivity contribution in [3.8, 4) is 11.5 Å². The van der Waals surface area contributed by atoms with Gasteiger partial charge in [0.15, 0.2) is 6.61 Å². The third-order valence-electron chi connectivity index (χ3n) is 4.26. The SMILES string of the molecule is CCOC(=O)COc1ccc(CCN[C@@H](C)[C@H](O)c2ccc(O)cc2)c(Cl)c1.Cl. The van der Waals surface area contributed by atoms with Crippen LogP contribution in [0.15, 0.2) is 42.5 Å². The molecule has 0 heterocycles. The van der Waals surface area contributed by atoms with E-state index >= 15 is 0 Å². The van der Waals surface area contributed by atoms with Gasteiger partial charge in [-0.25, -0.2) is 4.79 Å². The number of aliphatic hydroxyl groups excluding tert-OH is 1. The van der Waals surface area contributed by atoms with Gasteiger partial charge in [-0.1, -0.05) is 29.8 Å². The van der Waals surface area contributed by atoms with E-state index in [0.717, 1.165) is 11.1 Å². The number of hydrogen-bond acceptors (Lipinski definition) is 6. The standard InChI is InChI=1S/C21H26ClNO5.ClH/c1-3-27-20(25)13-28-18-9-6-15(19(22)12-18)10-11-23-14(2)21(26)16-4-7-17(24)8-5-16;/h4-9,12,14,21,23-24,26H,3,10-11,13H2,1-2H3;1H/t14-,21-;/m0./s1. The largest absolute Gasteiger partial charge is 0.508 e. The molecule has 0 aliphatic rings. The van der Waals surface area contributed by atoms with Crippen molar-refractivity contribution in [1.82, 2.24) is 5.32 Å². The predicted molar refractivity (Wildman–Crippen MR) is 115 cm³/mol. The fourth-order valence-corrected chi connectivity index (χ4v) is 2.94. The van der Waals surface area contributed by atoms with E-state index in [1.807, 2.05) is 13.0 Å². The van der Waals surface area contributed by atoms with E-state index in [2.05, 4.69) is 5.32 Å². The highest BCUT2D eigenvalue weighted by Gasteiger charge is 2.16. The highest BCUT2D eigenvalue weighted by atomic mass is 35.5. The van der Waals surface area contributed by atoms with E-state index in [1.165, 1.54) is 0 Å². The van der Waals surface area contributed by atoms with Crippen LogP contribution in [0.3, 0.4) is 0 Å². The van der Waals surface area contributed by atoms with Crippen molar-refractivity contribution in [2.45, 2.75) is 32.4 Å². The summed E-state index contributed by atoms with van der Waals surface area (Å²) in [7, 11) is 0. The van der Waals surface area contributed by atoms with Crippen LogP contribution in [0.5, 0.6) is 11.5 Å². The van der Waals surface area contributed by atoms with Crippen LogP contribution < -0.4 is 10.1 Å². The lowest BCUT2D eigenvalue weighted by molar-refractivity contribution is -0.145. The van der Waals surface area contributed by atoms with E-state index < -0.39 is 12.1 Å². The third-order valence-corrected chi connectivity index (χ3v) is 4.61. The number of carbonyl (C=O) groups excluding carboxylic acids is 1. The highest BCUT2D eigenvalue weighted by Crippen LogP contribution is 2.23. The van der Waals surface area contributed by atoms with Gasteiger partial charge in [-0.05, 0) is 62.2 Å². The second-order valence-electron chi connectivity index (χ2n) is 6.38. The van der Waals surface area contributed by atoms with E-state index in [0.29, 0.717) is 30.3 Å². The Morgan fingerprint density at radius 2 is 1.90 bits per heavy atom. The summed E-state index contributed by atoms with van der Waals surface area (Å²) < 4.78 is 10.2. The molecule has 8 heteroatoms. The Kier molecular flexibility index (Phi) is 10.8. The zero-order chi connectivity index (χ0) is 20.5. The van der Waals surface area contributed by atoms with Gasteiger partial charge in [-0.3, -0.25) is 0 Å².